The van der Waals surface area contributed by atoms with Gasteiger partial charge in [0, 0.05) is 31.8 Å². The zero-order valence-electron chi connectivity index (χ0n) is 30.2. The molecule has 1 heterocycles. The third kappa shape index (κ3) is 12.9. The molecule has 4 amide bonds. The zero-order valence-corrected chi connectivity index (χ0v) is 31.0. The van der Waals surface area contributed by atoms with E-state index in [4.69, 9.17) is 9.47 Å². The molecule has 0 aliphatic carbocycles. The molecule has 0 radical (unpaired) electrons. The highest BCUT2D eigenvalue weighted by atomic mass is 32.2. The second-order valence-electron chi connectivity index (χ2n) is 14.3. The Kier molecular flexibility index (Phi) is 14.6. The molecule has 3 N–H and O–H groups in total. The van der Waals surface area contributed by atoms with Crippen LogP contribution in [0.3, 0.4) is 0 Å². The van der Waals surface area contributed by atoms with Gasteiger partial charge in [0.05, 0.1) is 11.8 Å². The maximum Gasteiger partial charge on any atom is 0.411 e. The van der Waals surface area contributed by atoms with Gasteiger partial charge in [0.1, 0.15) is 23.3 Å². The summed E-state index contributed by atoms with van der Waals surface area (Å²) in [6.07, 6.45) is 0.794. The number of nitrogens with one attached hydrogen (secondary N) is 2. The monoisotopic (exact) mass is 712 g/mol. The van der Waals surface area contributed by atoms with Gasteiger partial charge < -0.3 is 30.1 Å². The number of carbonyl (C=O) groups excluding carboxylic acids is 4. The lowest BCUT2D eigenvalue weighted by Crippen LogP contribution is -2.53. The zero-order chi connectivity index (χ0) is 37.1. The van der Waals surface area contributed by atoms with Crippen LogP contribution in [-0.2, 0) is 30.3 Å². The normalized spacial score (nSPS) is 15.8. The molecule has 0 spiro atoms. The molecular weight excluding hydrogens is 660 g/mol. The van der Waals surface area contributed by atoms with E-state index in [1.54, 1.807) is 41.5 Å². The van der Waals surface area contributed by atoms with Crippen molar-refractivity contribution in [3.8, 4) is 11.1 Å². The Labute approximate surface area is 299 Å². The topological polar surface area (TPSA) is 155 Å². The molecule has 274 valence electrons. The van der Waals surface area contributed by atoms with Crippen molar-refractivity contribution in [2.45, 2.75) is 91.0 Å². The van der Waals surface area contributed by atoms with E-state index in [0.29, 0.717) is 12.2 Å². The van der Waals surface area contributed by atoms with Gasteiger partial charge in [-0.3, -0.25) is 14.5 Å². The number of nitrogens with zero attached hydrogens (tertiary/aromatic N) is 2. The minimum absolute atomic E-state index is 0.0524. The van der Waals surface area contributed by atoms with Crippen LogP contribution in [0.1, 0.15) is 66.9 Å². The number of unbranched alkanes of at least 4 members (excludes halogenated alkanes) is 1. The molecule has 0 saturated carbocycles. The summed E-state index contributed by atoms with van der Waals surface area (Å²) in [5.41, 5.74) is 1.18. The lowest BCUT2D eigenvalue weighted by molar-refractivity contribution is -0.160. The van der Waals surface area contributed by atoms with Crippen molar-refractivity contribution in [3.63, 3.8) is 0 Å². The average Bonchev–Trinajstić information content (AvgIpc) is 3.54. The number of thioether (sulfide) groups is 1. The molecule has 13 heteroatoms. The summed E-state index contributed by atoms with van der Waals surface area (Å²) in [6, 6.07) is 14.6. The number of ether oxygens (including phenoxy) is 2. The minimum atomic E-state index is -1.23. The Morgan fingerprint density at radius 1 is 0.940 bits per heavy atom. The average molecular weight is 713 g/mol. The summed E-state index contributed by atoms with van der Waals surface area (Å²) < 4.78 is 11.1. The van der Waals surface area contributed by atoms with Gasteiger partial charge in [-0.2, -0.15) is 0 Å². The largest absolute Gasteiger partial charge is 0.480 e. The molecular formula is C37H52N4O8S. The summed E-state index contributed by atoms with van der Waals surface area (Å²) in [5, 5.41) is 15.5. The summed E-state index contributed by atoms with van der Waals surface area (Å²) in [7, 11) is 0. The van der Waals surface area contributed by atoms with E-state index >= 15 is 0 Å². The van der Waals surface area contributed by atoms with Crippen LogP contribution in [-0.4, -0.2) is 99.4 Å². The van der Waals surface area contributed by atoms with Crippen molar-refractivity contribution in [2.24, 2.45) is 5.92 Å². The summed E-state index contributed by atoms with van der Waals surface area (Å²) in [4.78, 5) is 68.3. The molecule has 0 aromatic heterocycles. The maximum absolute atomic E-state index is 13.7. The van der Waals surface area contributed by atoms with E-state index in [9.17, 15) is 29.1 Å². The predicted octanol–water partition coefficient (Wildman–Crippen LogP) is 5.55. The van der Waals surface area contributed by atoms with Crippen molar-refractivity contribution in [2.75, 3.05) is 31.3 Å². The number of rotatable bonds is 14. The summed E-state index contributed by atoms with van der Waals surface area (Å²) >= 11 is 1.42. The number of aliphatic carboxylic acids is 1. The fraction of sp³-hybridized carbons (Fsp3) is 0.541. The standard InChI is InChI=1S/C37H52N4O8S/c1-8-9-19-40(34(46)39-29(32(43)44)20-25-15-17-27(18-16-25)26-13-11-10-12-14-26)22-28(33(45)48-36(2,3)4)21-38-31(42)30-23-50-24-41(30)35(47)49-37(5,6)7/h10-18,28-30H,8-9,19-24H2,1-7H3,(H,38,42)(H,39,46)(H,43,44)/t28-,29+,30+/m1/s1. The number of carbonyl (C=O) groups is 5. The lowest BCUT2D eigenvalue weighted by Gasteiger charge is -2.31. The number of carboxylic acids is 1. The van der Waals surface area contributed by atoms with Gasteiger partial charge in [-0.05, 0) is 64.7 Å². The molecule has 2 aromatic carbocycles. The van der Waals surface area contributed by atoms with Crippen molar-refractivity contribution in [1.29, 1.82) is 0 Å². The minimum Gasteiger partial charge on any atom is -0.480 e. The van der Waals surface area contributed by atoms with E-state index in [1.165, 1.54) is 21.6 Å². The first-order valence-electron chi connectivity index (χ1n) is 17.0. The number of benzene rings is 2. The van der Waals surface area contributed by atoms with Gasteiger partial charge in [-0.15, -0.1) is 11.8 Å². The summed E-state index contributed by atoms with van der Waals surface area (Å²) in [6.45, 7) is 12.3. The van der Waals surface area contributed by atoms with Gasteiger partial charge >= 0.3 is 24.1 Å². The SMILES string of the molecule is CCCCN(C[C@@H](CNC(=O)[C@@H]1CSCN1C(=O)OC(C)(C)C)C(=O)OC(C)(C)C)C(=O)N[C@@H](Cc1ccc(-c2ccccc2)cc1)C(=O)O. The van der Waals surface area contributed by atoms with Gasteiger partial charge in [-0.25, -0.2) is 14.4 Å². The molecule has 3 rings (SSSR count). The van der Waals surface area contributed by atoms with Crippen LogP contribution in [0.4, 0.5) is 9.59 Å². The van der Waals surface area contributed by atoms with Crippen molar-refractivity contribution in [1.82, 2.24) is 20.4 Å². The first-order valence-corrected chi connectivity index (χ1v) is 18.1. The van der Waals surface area contributed by atoms with Crippen LogP contribution in [0.5, 0.6) is 0 Å². The fourth-order valence-corrected chi connectivity index (χ4v) is 6.28. The van der Waals surface area contributed by atoms with Crippen LogP contribution in [0.2, 0.25) is 0 Å². The Morgan fingerprint density at radius 2 is 1.56 bits per heavy atom. The van der Waals surface area contributed by atoms with E-state index in [0.717, 1.165) is 23.1 Å². The molecule has 1 fully saturated rings. The van der Waals surface area contributed by atoms with Gasteiger partial charge in [0.25, 0.3) is 0 Å². The lowest BCUT2D eigenvalue weighted by atomic mass is 10.0. The third-order valence-corrected chi connectivity index (χ3v) is 8.69. The smallest absolute Gasteiger partial charge is 0.411 e. The molecule has 3 atom stereocenters. The molecule has 1 aliphatic rings. The molecule has 1 aliphatic heterocycles. The first kappa shape index (κ1) is 40.2. The van der Waals surface area contributed by atoms with Gasteiger partial charge in [0.2, 0.25) is 5.91 Å². The fourth-order valence-electron chi connectivity index (χ4n) is 5.14. The van der Waals surface area contributed by atoms with E-state index in [2.05, 4.69) is 10.6 Å². The highest BCUT2D eigenvalue weighted by Crippen LogP contribution is 2.24. The van der Waals surface area contributed by atoms with E-state index in [-0.39, 0.29) is 31.9 Å². The van der Waals surface area contributed by atoms with Crippen LogP contribution in [0, 0.1) is 5.92 Å². The second kappa shape index (κ2) is 18.1. The van der Waals surface area contributed by atoms with Crippen molar-refractivity contribution in [3.05, 3.63) is 60.2 Å². The Balaban J connectivity index is 1.74. The molecule has 12 nitrogen and oxygen atoms in total. The van der Waals surface area contributed by atoms with Crippen LogP contribution in [0.25, 0.3) is 11.1 Å². The maximum atomic E-state index is 13.7. The quantitative estimate of drug-likeness (QED) is 0.214. The molecule has 0 unspecified atom stereocenters. The number of urea groups is 1. The number of hydrogen-bond acceptors (Lipinski definition) is 8. The van der Waals surface area contributed by atoms with Crippen LogP contribution in [0.15, 0.2) is 54.6 Å². The van der Waals surface area contributed by atoms with E-state index < -0.39 is 59.2 Å². The second-order valence-corrected chi connectivity index (χ2v) is 15.3. The Bertz CT molecular complexity index is 1460. The number of hydrogen-bond donors (Lipinski definition) is 3. The Hall–Kier alpha value is -4.26. The van der Waals surface area contributed by atoms with Crippen molar-refractivity contribution < 1.29 is 38.6 Å². The third-order valence-electron chi connectivity index (χ3n) is 7.68. The van der Waals surface area contributed by atoms with Gasteiger partial charge in [-0.1, -0.05) is 67.9 Å². The highest BCUT2D eigenvalue weighted by molar-refractivity contribution is 7.99. The van der Waals surface area contributed by atoms with Crippen LogP contribution < -0.4 is 10.6 Å². The van der Waals surface area contributed by atoms with E-state index in [1.807, 2.05) is 61.5 Å². The van der Waals surface area contributed by atoms with Gasteiger partial charge in [0.15, 0.2) is 0 Å². The first-order chi connectivity index (χ1) is 23.5. The highest BCUT2D eigenvalue weighted by Gasteiger charge is 2.38. The molecule has 0 bridgehead atoms. The van der Waals surface area contributed by atoms with Crippen molar-refractivity contribution >= 4 is 41.7 Å². The molecule has 1 saturated heterocycles. The summed E-state index contributed by atoms with van der Waals surface area (Å²) in [5.74, 6) is -2.60. The Morgan fingerprint density at radius 3 is 2.14 bits per heavy atom. The van der Waals surface area contributed by atoms with Crippen LogP contribution >= 0.6 is 11.8 Å². The molecule has 2 aromatic rings. The predicted molar refractivity (Wildman–Crippen MR) is 194 cm³/mol. The molecule has 50 heavy (non-hydrogen) atoms. The number of amides is 4. The number of esters is 1. The number of carboxylic acid groups (broad SMARTS) is 1.